The molecule has 0 aromatic carbocycles. The number of thioether (sulfide) groups is 1. The van der Waals surface area contributed by atoms with Crippen molar-refractivity contribution in [2.45, 2.75) is 11.3 Å². The Bertz CT molecular complexity index is 508. The minimum Gasteiger partial charge on any atom is -0.292 e. The van der Waals surface area contributed by atoms with Gasteiger partial charge in [0.05, 0.1) is 15.0 Å². The fourth-order valence-electron chi connectivity index (χ4n) is 0.999. The molecule has 84 valence electrons. The van der Waals surface area contributed by atoms with E-state index < -0.39 is 0 Å². The molecule has 0 saturated heterocycles. The van der Waals surface area contributed by atoms with E-state index in [4.69, 9.17) is 11.6 Å². The first-order valence-electron chi connectivity index (χ1n) is 4.37. The molecule has 0 fully saturated rings. The van der Waals surface area contributed by atoms with Crippen LogP contribution in [0.25, 0.3) is 0 Å². The zero-order chi connectivity index (χ0) is 11.5. The number of carbonyl (C=O) groups is 1. The van der Waals surface area contributed by atoms with Gasteiger partial charge in [0, 0.05) is 0 Å². The third kappa shape index (κ3) is 3.04. The number of hydrogen-bond donors (Lipinski definition) is 0. The second kappa shape index (κ2) is 5.27. The molecule has 0 spiro atoms. The van der Waals surface area contributed by atoms with Gasteiger partial charge in [-0.2, -0.15) is 4.37 Å². The molecular formula is C9H7ClN2OS3. The number of aromatic nitrogens is 2. The molecule has 2 rings (SSSR count). The van der Waals surface area contributed by atoms with Crippen molar-refractivity contribution in [2.75, 3.05) is 5.75 Å². The minimum atomic E-state index is 0.0785. The summed E-state index contributed by atoms with van der Waals surface area (Å²) in [5.41, 5.74) is 0. The summed E-state index contributed by atoms with van der Waals surface area (Å²) in [7, 11) is 0. The summed E-state index contributed by atoms with van der Waals surface area (Å²) in [5.74, 6) is 1.21. The number of ketones is 1. The normalized spacial score (nSPS) is 10.6. The van der Waals surface area contributed by atoms with Gasteiger partial charge in [0.15, 0.2) is 10.1 Å². The Morgan fingerprint density at radius 3 is 2.94 bits per heavy atom. The van der Waals surface area contributed by atoms with Gasteiger partial charge in [-0.1, -0.05) is 23.4 Å². The smallest absolute Gasteiger partial charge is 0.183 e. The molecule has 7 heteroatoms. The summed E-state index contributed by atoms with van der Waals surface area (Å²) in [6, 6.07) is 3.49. The first-order valence-corrected chi connectivity index (χ1v) is 7.32. The quantitative estimate of drug-likeness (QED) is 0.638. The van der Waals surface area contributed by atoms with E-state index in [0.717, 1.165) is 10.2 Å². The highest BCUT2D eigenvalue weighted by atomic mass is 35.5. The van der Waals surface area contributed by atoms with Crippen LogP contribution in [0.4, 0.5) is 0 Å². The summed E-state index contributed by atoms with van der Waals surface area (Å²) >= 11 is 9.80. The summed E-state index contributed by atoms with van der Waals surface area (Å²) in [6.07, 6.45) is 0. The average molecular weight is 291 g/mol. The molecule has 0 bridgehead atoms. The maximum atomic E-state index is 11.7. The van der Waals surface area contributed by atoms with Gasteiger partial charge < -0.3 is 0 Å². The van der Waals surface area contributed by atoms with Crippen molar-refractivity contribution in [3.63, 3.8) is 0 Å². The van der Waals surface area contributed by atoms with Gasteiger partial charge >= 0.3 is 0 Å². The van der Waals surface area contributed by atoms with Crippen molar-refractivity contribution in [2.24, 2.45) is 0 Å². The summed E-state index contributed by atoms with van der Waals surface area (Å²) in [4.78, 5) is 16.6. The number of aryl methyl sites for hydroxylation is 1. The summed E-state index contributed by atoms with van der Waals surface area (Å²) in [5, 5.41) is 0. The minimum absolute atomic E-state index is 0.0785. The van der Waals surface area contributed by atoms with E-state index in [1.165, 1.54) is 34.6 Å². The van der Waals surface area contributed by atoms with Crippen molar-refractivity contribution in [1.29, 1.82) is 0 Å². The lowest BCUT2D eigenvalue weighted by atomic mass is 10.4. The molecule has 0 unspecified atom stereocenters. The molecule has 3 nitrogen and oxygen atoms in total. The van der Waals surface area contributed by atoms with Gasteiger partial charge in [0.2, 0.25) is 0 Å². The Balaban J connectivity index is 1.93. The molecular weight excluding hydrogens is 284 g/mol. The first kappa shape index (κ1) is 12.0. The highest BCUT2D eigenvalue weighted by Crippen LogP contribution is 2.25. The molecule has 2 heterocycles. The molecule has 0 aliphatic rings. The van der Waals surface area contributed by atoms with E-state index >= 15 is 0 Å². The van der Waals surface area contributed by atoms with Gasteiger partial charge in [-0.15, -0.1) is 11.3 Å². The van der Waals surface area contributed by atoms with Crippen molar-refractivity contribution >= 4 is 52.0 Å². The van der Waals surface area contributed by atoms with E-state index in [2.05, 4.69) is 9.36 Å². The Hall–Kier alpha value is -0.430. The van der Waals surface area contributed by atoms with Crippen LogP contribution in [0, 0.1) is 6.92 Å². The van der Waals surface area contributed by atoms with E-state index in [-0.39, 0.29) is 5.78 Å². The Kier molecular flexibility index (Phi) is 3.96. The fraction of sp³-hybridized carbons (Fsp3) is 0.222. The standard InChI is InChI=1S/C9H7ClN2OS3/c1-5-11-9(16-12-5)14-4-6(13)7-2-3-8(10)15-7/h2-3H,4H2,1H3. The molecule has 0 aliphatic carbocycles. The molecule has 0 aliphatic heterocycles. The maximum absolute atomic E-state index is 11.7. The van der Waals surface area contributed by atoms with Crippen LogP contribution in [-0.4, -0.2) is 20.9 Å². The maximum Gasteiger partial charge on any atom is 0.183 e. The predicted molar refractivity (Wildman–Crippen MR) is 69.0 cm³/mol. The molecule has 0 atom stereocenters. The van der Waals surface area contributed by atoms with Gasteiger partial charge in [0.1, 0.15) is 5.82 Å². The van der Waals surface area contributed by atoms with Gasteiger partial charge in [0.25, 0.3) is 0 Å². The van der Waals surface area contributed by atoms with E-state index in [0.29, 0.717) is 15.0 Å². The van der Waals surface area contributed by atoms with Crippen molar-refractivity contribution < 1.29 is 4.79 Å². The Labute approximate surface area is 110 Å². The fourth-order valence-corrected chi connectivity index (χ4v) is 3.60. The van der Waals surface area contributed by atoms with Crippen LogP contribution in [0.3, 0.4) is 0 Å². The van der Waals surface area contributed by atoms with E-state index in [1.54, 1.807) is 12.1 Å². The van der Waals surface area contributed by atoms with E-state index in [9.17, 15) is 4.79 Å². The zero-order valence-electron chi connectivity index (χ0n) is 8.27. The number of thiophene rings is 1. The lowest BCUT2D eigenvalue weighted by molar-refractivity contribution is 0.102. The molecule has 0 radical (unpaired) electrons. The number of nitrogens with zero attached hydrogens (tertiary/aromatic N) is 2. The number of rotatable bonds is 4. The van der Waals surface area contributed by atoms with Crippen molar-refractivity contribution in [1.82, 2.24) is 9.36 Å². The van der Waals surface area contributed by atoms with Crippen LogP contribution in [0.5, 0.6) is 0 Å². The largest absolute Gasteiger partial charge is 0.292 e. The number of hydrogen-bond acceptors (Lipinski definition) is 6. The van der Waals surface area contributed by atoms with Crippen LogP contribution >= 0.6 is 46.2 Å². The highest BCUT2D eigenvalue weighted by Gasteiger charge is 2.10. The SMILES string of the molecule is Cc1nsc(SCC(=O)c2ccc(Cl)s2)n1. The second-order valence-corrected chi connectivity index (χ2v) is 6.61. The van der Waals surface area contributed by atoms with Crippen LogP contribution in [0.2, 0.25) is 4.34 Å². The first-order chi connectivity index (χ1) is 7.65. The summed E-state index contributed by atoms with van der Waals surface area (Å²) in [6.45, 7) is 1.83. The topological polar surface area (TPSA) is 42.9 Å². The lowest BCUT2D eigenvalue weighted by Gasteiger charge is -1.94. The third-order valence-electron chi connectivity index (χ3n) is 1.68. The lowest BCUT2D eigenvalue weighted by Crippen LogP contribution is -1.98. The van der Waals surface area contributed by atoms with Crippen molar-refractivity contribution in [3.05, 3.63) is 27.2 Å². The molecule has 0 amide bonds. The Morgan fingerprint density at radius 1 is 1.56 bits per heavy atom. The highest BCUT2D eigenvalue weighted by molar-refractivity contribution is 8.01. The predicted octanol–water partition coefficient (Wildman–Crippen LogP) is 3.54. The monoisotopic (exact) mass is 290 g/mol. The molecule has 0 N–H and O–H groups in total. The van der Waals surface area contributed by atoms with Gasteiger partial charge in [-0.25, -0.2) is 4.98 Å². The van der Waals surface area contributed by atoms with Gasteiger partial charge in [-0.05, 0) is 30.6 Å². The third-order valence-corrected chi connectivity index (χ3v) is 4.88. The van der Waals surface area contributed by atoms with Crippen LogP contribution in [-0.2, 0) is 0 Å². The van der Waals surface area contributed by atoms with Crippen LogP contribution < -0.4 is 0 Å². The summed E-state index contributed by atoms with van der Waals surface area (Å²) < 4.78 is 5.52. The molecule has 16 heavy (non-hydrogen) atoms. The van der Waals surface area contributed by atoms with Gasteiger partial charge in [-0.3, -0.25) is 4.79 Å². The molecule has 2 aromatic heterocycles. The van der Waals surface area contributed by atoms with E-state index in [1.807, 2.05) is 6.92 Å². The number of Topliss-reactive ketones (excluding diaryl/α,β-unsaturated/α-hetero) is 1. The molecule has 0 saturated carbocycles. The van der Waals surface area contributed by atoms with Crippen LogP contribution in [0.15, 0.2) is 16.5 Å². The number of carbonyl (C=O) groups excluding carboxylic acids is 1. The van der Waals surface area contributed by atoms with Crippen LogP contribution in [0.1, 0.15) is 15.5 Å². The Morgan fingerprint density at radius 2 is 2.38 bits per heavy atom. The number of halogens is 1. The zero-order valence-corrected chi connectivity index (χ0v) is 11.5. The second-order valence-electron chi connectivity index (χ2n) is 2.92. The average Bonchev–Trinajstić information content (AvgIpc) is 2.84. The van der Waals surface area contributed by atoms with Crippen molar-refractivity contribution in [3.8, 4) is 0 Å². The molecule has 2 aromatic rings.